The van der Waals surface area contributed by atoms with Gasteiger partial charge >= 0.3 is 0 Å². The summed E-state index contributed by atoms with van der Waals surface area (Å²) in [4.78, 5) is 5.32. The maximum atomic E-state index is 2.67. The fourth-order valence-corrected chi connectivity index (χ4v) is 20.3. The van der Waals surface area contributed by atoms with Gasteiger partial charge in [-0.1, -0.05) is 326 Å². The smallest absolute Gasteiger partial charge is 0.0121 e. The second-order valence-electron chi connectivity index (χ2n) is 40.8. The van der Waals surface area contributed by atoms with Crippen LogP contribution < -0.4 is 0 Å². The zero-order chi connectivity index (χ0) is 79.0. The van der Waals surface area contributed by atoms with E-state index in [4.69, 9.17) is 0 Å². The molecule has 8 unspecified atom stereocenters. The summed E-state index contributed by atoms with van der Waals surface area (Å²) in [6.45, 7) is 86.8. The van der Waals surface area contributed by atoms with Gasteiger partial charge in [-0.2, -0.15) is 0 Å². The molecule has 8 rings (SSSR count). The lowest BCUT2D eigenvalue weighted by Gasteiger charge is -2.40. The average Bonchev–Trinajstić information content (AvgIpc) is 1.28. The van der Waals surface area contributed by atoms with Crippen LogP contribution in [0.2, 0.25) is 0 Å². The van der Waals surface area contributed by atoms with E-state index in [0.29, 0.717) is 11.8 Å². The first-order chi connectivity index (χ1) is 48.1. The van der Waals surface area contributed by atoms with Crippen molar-refractivity contribution in [1.29, 1.82) is 0 Å². The lowest BCUT2D eigenvalue weighted by atomic mass is 9.69. The molecule has 2 heteroatoms. The number of hydrogen-bond donors (Lipinski definition) is 0. The highest BCUT2D eigenvalue weighted by atomic mass is 15.2. The van der Waals surface area contributed by atoms with E-state index in [1.54, 1.807) is 33.4 Å². The van der Waals surface area contributed by atoms with Gasteiger partial charge < -0.3 is 0 Å². The molecule has 2 saturated heterocycles. The van der Waals surface area contributed by atoms with Crippen molar-refractivity contribution in [1.82, 2.24) is 9.80 Å². The molecule has 8 aliphatic rings. The Labute approximate surface area is 661 Å². The highest BCUT2D eigenvalue weighted by Gasteiger charge is 2.34. The van der Waals surface area contributed by atoms with E-state index in [1.807, 2.05) is 0 Å². The van der Waals surface area contributed by atoms with Gasteiger partial charge in [0.05, 0.1) is 0 Å². The molecule has 0 aromatic heterocycles. The van der Waals surface area contributed by atoms with Crippen LogP contribution in [0.3, 0.4) is 0 Å². The quantitative estimate of drug-likeness (QED) is 0.0997. The third-order valence-electron chi connectivity index (χ3n) is 26.3. The van der Waals surface area contributed by atoms with Crippen LogP contribution in [0.5, 0.6) is 0 Å². The Morgan fingerprint density at radius 2 is 0.413 bits per heavy atom. The largest absolute Gasteiger partial charge is 0.298 e. The van der Waals surface area contributed by atoms with Gasteiger partial charge in [0, 0.05) is 24.2 Å². The summed E-state index contributed by atoms with van der Waals surface area (Å²) in [5.74, 6) is 19.2. The molecule has 0 spiro atoms. The second kappa shape index (κ2) is 57.8. The van der Waals surface area contributed by atoms with Crippen LogP contribution in [0.4, 0.5) is 0 Å². The fourth-order valence-electron chi connectivity index (χ4n) is 20.3. The van der Waals surface area contributed by atoms with Crippen LogP contribution in [0.15, 0.2) is 45.6 Å². The molecule has 0 aromatic rings. The average molecular weight is 1460 g/mol. The molecule has 0 aromatic carbocycles. The molecule has 8 atom stereocenters. The normalized spacial score (nSPS) is 24.6. The molecule has 0 bridgehead atoms. The lowest BCUT2D eigenvalue weighted by Crippen LogP contribution is -2.46. The number of piperidine rings is 1. The zero-order valence-electron chi connectivity index (χ0n) is 78.0. The van der Waals surface area contributed by atoms with E-state index in [1.165, 1.54) is 199 Å². The molecule has 6 aliphatic carbocycles. The van der Waals surface area contributed by atoms with Gasteiger partial charge in [0.2, 0.25) is 0 Å². The molecule has 0 radical (unpaired) electrons. The first-order valence-electron chi connectivity index (χ1n) is 46.5. The number of allylic oxidation sites excluding steroid dienone is 8. The molecular formula is C102H202N2. The van der Waals surface area contributed by atoms with Gasteiger partial charge in [0.15, 0.2) is 0 Å². The highest BCUT2D eigenvalue weighted by molar-refractivity contribution is 5.23. The molecule has 620 valence electrons. The van der Waals surface area contributed by atoms with Crippen LogP contribution >= 0.6 is 0 Å². The SMILES string of the molecule is C.CC(C)C1=C(C(C)C)CCC1.CC(C)C1=C(C(C)C)CCCC1.CC(C)C1=C(C(C)C)CCCCC1.CC(C)C1CCCC1C(C)C.CC(C)C1CCCCC1C(C)C.CC(C)C1CCCCCC1C(C)C.CC(C)C1CCCCN1C(C)C.CC(C)C1CCCN1C(C)C.CC(C)C=CC(C)C. The van der Waals surface area contributed by atoms with Crippen molar-refractivity contribution in [3.8, 4) is 0 Å². The molecule has 0 N–H and O–H groups in total. The van der Waals surface area contributed by atoms with Crippen LogP contribution in [-0.4, -0.2) is 47.1 Å². The Balaban J connectivity index is 0. The van der Waals surface area contributed by atoms with Crippen molar-refractivity contribution >= 4 is 0 Å². The van der Waals surface area contributed by atoms with Gasteiger partial charge in [-0.05, 0) is 306 Å². The summed E-state index contributed by atoms with van der Waals surface area (Å²) in [7, 11) is 0. The Morgan fingerprint density at radius 3 is 0.635 bits per heavy atom. The maximum absolute atomic E-state index is 2.67. The third-order valence-corrected chi connectivity index (χ3v) is 26.3. The molecule has 5 fully saturated rings. The molecule has 0 amide bonds. The number of nitrogens with zero attached hydrogens (tertiary/aromatic N) is 2. The minimum absolute atomic E-state index is 0. The summed E-state index contributed by atoms with van der Waals surface area (Å²) in [5.41, 5.74) is 10.6. The summed E-state index contributed by atoms with van der Waals surface area (Å²) in [6.07, 6.45) is 46.1. The standard InChI is InChI=1S/C13H26.C13H24.C12H24.C12H22.C11H23N.C11H22.C11H20.C10H21N.C8H16.CH4/c2*1-10(2)12-8-6-5-7-9-13(12)11(3)4;3*1-9(2)11-7-5-6-8-12(11)10(3)4;3*1-8(2)10-6-5-7-11(10)9(3)4;1-7(2)5-6-8(3)4;/h10-13H,5-9H2,1-4H3;10-11H,5-9H2,1-4H3;9-12H,5-8H2,1-4H3;9-10H,5-8H2,1-4H3;9-11H,5-8H2,1-4H3;8-11H,5-7H2,1-4H3;8-9H,5-7H2,1-4H3;8-10H,5-7H2,1-4H3;5-8H,1-4H3;1H4. The number of likely N-dealkylation sites (tertiary alicyclic amines) is 2. The Hall–Kier alpha value is -1.12. The zero-order valence-corrected chi connectivity index (χ0v) is 78.0. The predicted octanol–water partition coefficient (Wildman–Crippen LogP) is 33.7. The molecule has 2 nitrogen and oxygen atoms in total. The van der Waals surface area contributed by atoms with E-state index in [0.717, 1.165) is 143 Å². The molecular weight excluding hydrogens is 1250 g/mol. The van der Waals surface area contributed by atoms with Gasteiger partial charge in [0.1, 0.15) is 0 Å². The van der Waals surface area contributed by atoms with E-state index in [9.17, 15) is 0 Å². The van der Waals surface area contributed by atoms with Crippen molar-refractivity contribution in [2.45, 2.75) is 467 Å². The van der Waals surface area contributed by atoms with E-state index >= 15 is 0 Å². The summed E-state index contributed by atoms with van der Waals surface area (Å²) in [6, 6.07) is 3.18. The van der Waals surface area contributed by atoms with Crippen molar-refractivity contribution in [2.75, 3.05) is 13.1 Å². The molecule has 2 heterocycles. The molecule has 3 saturated carbocycles. The van der Waals surface area contributed by atoms with Gasteiger partial charge in [-0.25, -0.2) is 0 Å². The first-order valence-corrected chi connectivity index (χ1v) is 46.5. The van der Waals surface area contributed by atoms with Crippen molar-refractivity contribution in [2.24, 2.45) is 130 Å². The molecule has 104 heavy (non-hydrogen) atoms. The van der Waals surface area contributed by atoms with E-state index in [2.05, 4.69) is 271 Å². The minimum atomic E-state index is 0. The van der Waals surface area contributed by atoms with Crippen LogP contribution in [0.1, 0.15) is 443 Å². The second-order valence-corrected chi connectivity index (χ2v) is 40.8. The lowest BCUT2D eigenvalue weighted by molar-refractivity contribution is 0.0808. The maximum Gasteiger partial charge on any atom is 0.0121 e. The number of hydrogen-bond acceptors (Lipinski definition) is 2. The highest BCUT2D eigenvalue weighted by Crippen LogP contribution is 2.43. The third kappa shape index (κ3) is 42.0. The van der Waals surface area contributed by atoms with Crippen molar-refractivity contribution < 1.29 is 0 Å². The summed E-state index contributed by atoms with van der Waals surface area (Å²) < 4.78 is 0. The van der Waals surface area contributed by atoms with Gasteiger partial charge in [-0.3, -0.25) is 9.80 Å². The summed E-state index contributed by atoms with van der Waals surface area (Å²) >= 11 is 0. The van der Waals surface area contributed by atoms with Crippen LogP contribution in [0, 0.1) is 130 Å². The van der Waals surface area contributed by atoms with Crippen molar-refractivity contribution in [3.63, 3.8) is 0 Å². The van der Waals surface area contributed by atoms with E-state index < -0.39 is 0 Å². The Kier molecular flexibility index (Phi) is 58.4. The van der Waals surface area contributed by atoms with Crippen LogP contribution in [0.25, 0.3) is 0 Å². The Morgan fingerprint density at radius 1 is 0.212 bits per heavy atom. The van der Waals surface area contributed by atoms with Crippen LogP contribution in [-0.2, 0) is 0 Å². The van der Waals surface area contributed by atoms with Gasteiger partial charge in [0.25, 0.3) is 0 Å². The Bertz CT molecular complexity index is 1970. The number of rotatable bonds is 18. The predicted molar refractivity (Wildman–Crippen MR) is 480 cm³/mol. The fraction of sp³-hybridized carbons (Fsp3) is 0.922. The topological polar surface area (TPSA) is 6.48 Å². The van der Waals surface area contributed by atoms with Gasteiger partial charge in [-0.15, -0.1) is 0 Å². The van der Waals surface area contributed by atoms with E-state index in [-0.39, 0.29) is 7.43 Å². The first kappa shape index (κ1) is 105. The van der Waals surface area contributed by atoms with Crippen molar-refractivity contribution in [3.05, 3.63) is 45.6 Å². The summed E-state index contributed by atoms with van der Waals surface area (Å²) in [5, 5.41) is 0. The monoisotopic (exact) mass is 1460 g/mol. The molecule has 2 aliphatic heterocycles. The minimum Gasteiger partial charge on any atom is -0.298 e.